The number of nitrogen functional groups attached to an aromatic ring is 1. The summed E-state index contributed by atoms with van der Waals surface area (Å²) in [6, 6.07) is 5.30. The number of nitrogens with zero attached hydrogens (tertiary/aromatic N) is 4. The van der Waals surface area contributed by atoms with Gasteiger partial charge in [0, 0.05) is 18.6 Å². The summed E-state index contributed by atoms with van der Waals surface area (Å²) in [6.45, 7) is 0.424. The van der Waals surface area contributed by atoms with Gasteiger partial charge in [-0.05, 0) is 12.1 Å². The highest BCUT2D eigenvalue weighted by atomic mass is 16.2. The molecule has 0 bridgehead atoms. The molecule has 0 atom stereocenters. The SMILES string of the molecule is N#Cc1nccn1Cc1ccc(C(=O)NN)cn1. The van der Waals surface area contributed by atoms with Crippen molar-refractivity contribution in [3.05, 3.63) is 47.8 Å². The van der Waals surface area contributed by atoms with Gasteiger partial charge < -0.3 is 4.57 Å². The van der Waals surface area contributed by atoms with E-state index in [-0.39, 0.29) is 0 Å². The van der Waals surface area contributed by atoms with Gasteiger partial charge in [-0.1, -0.05) is 0 Å². The number of nitriles is 1. The third kappa shape index (κ3) is 2.34. The molecule has 0 aliphatic carbocycles. The molecule has 0 aliphatic heterocycles. The number of hydrogen-bond donors (Lipinski definition) is 2. The van der Waals surface area contributed by atoms with E-state index in [0.717, 1.165) is 5.69 Å². The van der Waals surface area contributed by atoms with Crippen molar-refractivity contribution in [1.29, 1.82) is 5.26 Å². The maximum Gasteiger partial charge on any atom is 0.266 e. The molecular formula is C11H10N6O. The highest BCUT2D eigenvalue weighted by Gasteiger charge is 2.06. The molecule has 0 saturated heterocycles. The van der Waals surface area contributed by atoms with Gasteiger partial charge in [-0.25, -0.2) is 10.8 Å². The first kappa shape index (κ1) is 11.8. The molecule has 7 nitrogen and oxygen atoms in total. The minimum Gasteiger partial charge on any atom is -0.317 e. The Balaban J connectivity index is 2.16. The number of pyridine rings is 1. The Morgan fingerprint density at radius 2 is 2.33 bits per heavy atom. The highest BCUT2D eigenvalue weighted by Crippen LogP contribution is 2.04. The van der Waals surface area contributed by atoms with Crippen molar-refractivity contribution in [2.75, 3.05) is 0 Å². The number of carbonyl (C=O) groups excluding carboxylic acids is 1. The van der Waals surface area contributed by atoms with E-state index in [1.54, 1.807) is 29.1 Å². The molecule has 0 unspecified atom stereocenters. The number of carbonyl (C=O) groups is 1. The second-order valence-corrected chi connectivity index (χ2v) is 3.50. The quantitative estimate of drug-likeness (QED) is 0.440. The van der Waals surface area contributed by atoms with E-state index in [1.165, 1.54) is 6.20 Å². The summed E-state index contributed by atoms with van der Waals surface area (Å²) >= 11 is 0. The highest BCUT2D eigenvalue weighted by molar-refractivity contribution is 5.93. The van der Waals surface area contributed by atoms with Gasteiger partial charge in [-0.2, -0.15) is 5.26 Å². The largest absolute Gasteiger partial charge is 0.317 e. The molecule has 2 rings (SSSR count). The number of imidazole rings is 1. The van der Waals surface area contributed by atoms with Crippen LogP contribution in [0.3, 0.4) is 0 Å². The van der Waals surface area contributed by atoms with Gasteiger partial charge >= 0.3 is 0 Å². The smallest absolute Gasteiger partial charge is 0.266 e. The van der Waals surface area contributed by atoms with Crippen LogP contribution in [-0.4, -0.2) is 20.4 Å². The van der Waals surface area contributed by atoms with Gasteiger partial charge in [0.2, 0.25) is 5.82 Å². The van der Waals surface area contributed by atoms with E-state index in [4.69, 9.17) is 11.1 Å². The number of aromatic nitrogens is 3. The summed E-state index contributed by atoms with van der Waals surface area (Å²) in [4.78, 5) is 19.2. The maximum atomic E-state index is 11.2. The molecule has 0 aliphatic rings. The van der Waals surface area contributed by atoms with E-state index < -0.39 is 5.91 Å². The summed E-state index contributed by atoms with van der Waals surface area (Å²) in [5.74, 6) is 4.94. The fourth-order valence-electron chi connectivity index (χ4n) is 1.46. The third-order valence-electron chi connectivity index (χ3n) is 2.37. The van der Waals surface area contributed by atoms with Gasteiger partial charge in [-0.15, -0.1) is 0 Å². The van der Waals surface area contributed by atoms with E-state index in [2.05, 4.69) is 9.97 Å². The van der Waals surface area contributed by atoms with Crippen LogP contribution in [0.15, 0.2) is 30.7 Å². The lowest BCUT2D eigenvalue weighted by Crippen LogP contribution is -2.30. The predicted octanol–water partition coefficient (Wildman–Crippen LogP) is -0.198. The minimum atomic E-state index is -0.394. The van der Waals surface area contributed by atoms with Crippen LogP contribution in [0.25, 0.3) is 0 Å². The van der Waals surface area contributed by atoms with Gasteiger partial charge in [0.1, 0.15) is 6.07 Å². The van der Waals surface area contributed by atoms with Crippen molar-refractivity contribution < 1.29 is 4.79 Å². The van der Waals surface area contributed by atoms with Crippen molar-refractivity contribution in [2.45, 2.75) is 6.54 Å². The lowest BCUT2D eigenvalue weighted by atomic mass is 10.2. The Kier molecular flexibility index (Phi) is 3.31. The molecule has 90 valence electrons. The van der Waals surface area contributed by atoms with Crippen LogP contribution in [0.4, 0.5) is 0 Å². The molecule has 0 fully saturated rings. The van der Waals surface area contributed by atoms with Crippen molar-refractivity contribution in [2.24, 2.45) is 5.84 Å². The van der Waals surface area contributed by atoms with Gasteiger partial charge in [0.05, 0.1) is 17.8 Å². The van der Waals surface area contributed by atoms with Gasteiger partial charge in [0.15, 0.2) is 0 Å². The van der Waals surface area contributed by atoms with Crippen LogP contribution in [0.5, 0.6) is 0 Å². The molecule has 2 aromatic rings. The average molecular weight is 242 g/mol. The normalized spacial score (nSPS) is 9.78. The van der Waals surface area contributed by atoms with Crippen molar-refractivity contribution in [3.8, 4) is 6.07 Å². The van der Waals surface area contributed by atoms with Crippen LogP contribution >= 0.6 is 0 Å². The Bertz CT molecular complexity index is 595. The number of nitrogens with one attached hydrogen (secondary N) is 1. The van der Waals surface area contributed by atoms with E-state index in [9.17, 15) is 4.79 Å². The standard InChI is InChI=1S/C11H10N6O/c12-5-10-14-3-4-17(10)7-9-2-1-8(6-15-9)11(18)16-13/h1-4,6H,7,13H2,(H,16,18). The van der Waals surface area contributed by atoms with E-state index >= 15 is 0 Å². The molecule has 2 heterocycles. The van der Waals surface area contributed by atoms with Crippen molar-refractivity contribution in [1.82, 2.24) is 20.0 Å². The molecule has 7 heteroatoms. The van der Waals surface area contributed by atoms with Crippen molar-refractivity contribution >= 4 is 5.91 Å². The second-order valence-electron chi connectivity index (χ2n) is 3.50. The summed E-state index contributed by atoms with van der Waals surface area (Å²) in [5, 5.41) is 8.81. The fourth-order valence-corrected chi connectivity index (χ4v) is 1.46. The Labute approximate surface area is 103 Å². The predicted molar refractivity (Wildman–Crippen MR) is 61.9 cm³/mol. The monoisotopic (exact) mass is 242 g/mol. The fraction of sp³-hybridized carbons (Fsp3) is 0.0909. The van der Waals surface area contributed by atoms with Gasteiger partial charge in [-0.3, -0.25) is 15.2 Å². The Morgan fingerprint density at radius 3 is 2.94 bits per heavy atom. The average Bonchev–Trinajstić information content (AvgIpc) is 2.86. The molecule has 0 spiro atoms. The lowest BCUT2D eigenvalue weighted by molar-refractivity contribution is 0.0953. The number of nitrogens with two attached hydrogens (primary N) is 1. The minimum absolute atomic E-state index is 0.320. The zero-order valence-electron chi connectivity index (χ0n) is 9.37. The zero-order valence-corrected chi connectivity index (χ0v) is 9.37. The van der Waals surface area contributed by atoms with Gasteiger partial charge in [0.25, 0.3) is 5.91 Å². The number of hydrogen-bond acceptors (Lipinski definition) is 5. The molecule has 2 aromatic heterocycles. The topological polar surface area (TPSA) is 110 Å². The van der Waals surface area contributed by atoms with Crippen LogP contribution in [0, 0.1) is 11.3 Å². The number of amides is 1. The van der Waals surface area contributed by atoms with E-state index in [0.29, 0.717) is 17.9 Å². The number of rotatable bonds is 3. The molecule has 0 radical (unpaired) electrons. The molecule has 0 aromatic carbocycles. The van der Waals surface area contributed by atoms with Crippen LogP contribution in [0.1, 0.15) is 21.9 Å². The molecule has 3 N–H and O–H groups in total. The van der Waals surface area contributed by atoms with Crippen molar-refractivity contribution in [3.63, 3.8) is 0 Å². The molecule has 1 amide bonds. The number of hydrazine groups is 1. The summed E-state index contributed by atoms with van der Waals surface area (Å²) < 4.78 is 1.67. The first-order valence-corrected chi connectivity index (χ1v) is 5.11. The summed E-state index contributed by atoms with van der Waals surface area (Å²) in [7, 11) is 0. The van der Waals surface area contributed by atoms with Crippen LogP contribution < -0.4 is 11.3 Å². The van der Waals surface area contributed by atoms with Crippen LogP contribution in [0.2, 0.25) is 0 Å². The maximum absolute atomic E-state index is 11.2. The first-order chi connectivity index (χ1) is 8.74. The molecule has 18 heavy (non-hydrogen) atoms. The molecular weight excluding hydrogens is 232 g/mol. The Morgan fingerprint density at radius 1 is 1.50 bits per heavy atom. The second kappa shape index (κ2) is 5.07. The molecule has 0 saturated carbocycles. The summed E-state index contributed by atoms with van der Waals surface area (Å²) in [6.07, 6.45) is 4.68. The first-order valence-electron chi connectivity index (χ1n) is 5.11. The third-order valence-corrected chi connectivity index (χ3v) is 2.37. The summed E-state index contributed by atoms with van der Waals surface area (Å²) in [5.41, 5.74) is 3.13. The zero-order chi connectivity index (χ0) is 13.0. The van der Waals surface area contributed by atoms with Crippen LogP contribution in [-0.2, 0) is 6.54 Å². The Hall–Kier alpha value is -2.72. The lowest BCUT2D eigenvalue weighted by Gasteiger charge is -2.04. The van der Waals surface area contributed by atoms with E-state index in [1.807, 2.05) is 11.5 Å².